The highest BCUT2D eigenvalue weighted by Crippen LogP contribution is 2.19. The molecule has 1 aliphatic rings. The lowest BCUT2D eigenvalue weighted by Gasteiger charge is -2.40. The van der Waals surface area contributed by atoms with Crippen molar-refractivity contribution in [3.05, 3.63) is 47.5 Å². The van der Waals surface area contributed by atoms with Gasteiger partial charge >= 0.3 is 0 Å². The molecule has 1 aliphatic heterocycles. The van der Waals surface area contributed by atoms with Crippen LogP contribution in [0, 0.1) is 13.8 Å². The standard InChI is InChI=1S/C15H17N3O2/c1-10-7-13(11(2)20-10)15(19)17-12-8-18(9-12)14-5-3-4-6-16-14/h3-7,12H,8-9H2,1-2H3,(H,17,19). The van der Waals surface area contributed by atoms with Crippen LogP contribution in [-0.4, -0.2) is 30.0 Å². The Morgan fingerprint density at radius 1 is 1.40 bits per heavy atom. The van der Waals surface area contributed by atoms with Crippen LogP contribution in [0.1, 0.15) is 21.9 Å². The highest BCUT2D eigenvalue weighted by molar-refractivity contribution is 5.95. The largest absolute Gasteiger partial charge is 0.466 e. The van der Waals surface area contributed by atoms with Crippen molar-refractivity contribution >= 4 is 11.7 Å². The number of rotatable bonds is 3. The van der Waals surface area contributed by atoms with Crippen LogP contribution in [0.25, 0.3) is 0 Å². The molecular weight excluding hydrogens is 254 g/mol. The number of nitrogens with zero attached hydrogens (tertiary/aromatic N) is 2. The molecule has 1 amide bonds. The molecule has 0 saturated carbocycles. The third-order valence-corrected chi connectivity index (χ3v) is 3.48. The third-order valence-electron chi connectivity index (χ3n) is 3.48. The second kappa shape index (κ2) is 5.00. The quantitative estimate of drug-likeness (QED) is 0.926. The van der Waals surface area contributed by atoms with E-state index >= 15 is 0 Å². The lowest BCUT2D eigenvalue weighted by Crippen LogP contribution is -2.59. The molecule has 1 saturated heterocycles. The van der Waals surface area contributed by atoms with Crippen molar-refractivity contribution < 1.29 is 9.21 Å². The molecule has 0 bridgehead atoms. The van der Waals surface area contributed by atoms with Crippen LogP contribution in [0.3, 0.4) is 0 Å². The van der Waals surface area contributed by atoms with Crippen molar-refractivity contribution in [1.29, 1.82) is 0 Å². The van der Waals surface area contributed by atoms with E-state index in [0.717, 1.165) is 24.7 Å². The van der Waals surface area contributed by atoms with E-state index in [1.54, 1.807) is 12.3 Å². The molecule has 104 valence electrons. The first kappa shape index (κ1) is 12.7. The van der Waals surface area contributed by atoms with Gasteiger partial charge in [-0.05, 0) is 32.0 Å². The average Bonchev–Trinajstić information content (AvgIpc) is 2.73. The van der Waals surface area contributed by atoms with Crippen LogP contribution in [0.15, 0.2) is 34.9 Å². The predicted molar refractivity (Wildman–Crippen MR) is 75.9 cm³/mol. The molecule has 0 spiro atoms. The molecule has 1 fully saturated rings. The number of anilines is 1. The Morgan fingerprint density at radius 3 is 2.80 bits per heavy atom. The van der Waals surface area contributed by atoms with Gasteiger partial charge in [-0.2, -0.15) is 0 Å². The zero-order valence-electron chi connectivity index (χ0n) is 11.6. The summed E-state index contributed by atoms with van der Waals surface area (Å²) < 4.78 is 5.38. The number of aromatic nitrogens is 1. The van der Waals surface area contributed by atoms with Gasteiger partial charge in [0.05, 0.1) is 11.6 Å². The van der Waals surface area contributed by atoms with E-state index in [9.17, 15) is 4.79 Å². The Labute approximate surface area is 117 Å². The molecule has 0 aromatic carbocycles. The van der Waals surface area contributed by atoms with Crippen LogP contribution in [0.5, 0.6) is 0 Å². The molecular formula is C15H17N3O2. The Hall–Kier alpha value is -2.30. The van der Waals surface area contributed by atoms with Gasteiger partial charge in [-0.1, -0.05) is 6.07 Å². The molecule has 0 unspecified atom stereocenters. The summed E-state index contributed by atoms with van der Waals surface area (Å²) in [5.74, 6) is 2.32. The number of hydrogen-bond acceptors (Lipinski definition) is 4. The monoisotopic (exact) mass is 271 g/mol. The highest BCUT2D eigenvalue weighted by atomic mass is 16.3. The number of nitrogens with one attached hydrogen (secondary N) is 1. The van der Waals surface area contributed by atoms with Gasteiger partial charge in [0, 0.05) is 19.3 Å². The summed E-state index contributed by atoms with van der Waals surface area (Å²) in [5.41, 5.74) is 0.624. The molecule has 20 heavy (non-hydrogen) atoms. The van der Waals surface area contributed by atoms with Crippen molar-refractivity contribution in [1.82, 2.24) is 10.3 Å². The number of furan rings is 1. The topological polar surface area (TPSA) is 58.4 Å². The van der Waals surface area contributed by atoms with E-state index in [1.807, 2.05) is 32.0 Å². The fourth-order valence-corrected chi connectivity index (χ4v) is 2.42. The van der Waals surface area contributed by atoms with Gasteiger partial charge in [-0.15, -0.1) is 0 Å². The van der Waals surface area contributed by atoms with Gasteiger partial charge in [0.2, 0.25) is 0 Å². The molecule has 0 aliphatic carbocycles. The summed E-state index contributed by atoms with van der Waals surface area (Å²) in [4.78, 5) is 18.5. The minimum absolute atomic E-state index is 0.0648. The van der Waals surface area contributed by atoms with Crippen molar-refractivity contribution in [2.45, 2.75) is 19.9 Å². The first-order chi connectivity index (χ1) is 9.63. The first-order valence-electron chi connectivity index (χ1n) is 6.67. The van der Waals surface area contributed by atoms with Gasteiger partial charge in [0.25, 0.3) is 5.91 Å². The number of aryl methyl sites for hydroxylation is 2. The lowest BCUT2D eigenvalue weighted by atomic mass is 10.1. The Kier molecular flexibility index (Phi) is 3.18. The number of hydrogen-bond donors (Lipinski definition) is 1. The maximum atomic E-state index is 12.1. The zero-order valence-corrected chi connectivity index (χ0v) is 11.6. The molecule has 3 rings (SSSR count). The van der Waals surface area contributed by atoms with E-state index in [-0.39, 0.29) is 11.9 Å². The zero-order chi connectivity index (χ0) is 14.1. The van der Waals surface area contributed by atoms with Crippen molar-refractivity contribution in [3.63, 3.8) is 0 Å². The maximum absolute atomic E-state index is 12.1. The number of amides is 1. The van der Waals surface area contributed by atoms with Gasteiger partial charge in [-0.3, -0.25) is 4.79 Å². The van der Waals surface area contributed by atoms with Gasteiger partial charge in [0.15, 0.2) is 0 Å². The highest BCUT2D eigenvalue weighted by Gasteiger charge is 2.29. The Bertz CT molecular complexity index is 615. The van der Waals surface area contributed by atoms with E-state index in [4.69, 9.17) is 4.42 Å². The van der Waals surface area contributed by atoms with Crippen LogP contribution in [0.2, 0.25) is 0 Å². The van der Waals surface area contributed by atoms with Gasteiger partial charge in [0.1, 0.15) is 17.3 Å². The summed E-state index contributed by atoms with van der Waals surface area (Å²) >= 11 is 0. The summed E-state index contributed by atoms with van der Waals surface area (Å²) in [6.07, 6.45) is 1.78. The molecule has 0 atom stereocenters. The summed E-state index contributed by atoms with van der Waals surface area (Å²) in [7, 11) is 0. The molecule has 5 heteroatoms. The summed E-state index contributed by atoms with van der Waals surface area (Å²) in [6, 6.07) is 7.78. The van der Waals surface area contributed by atoms with Crippen LogP contribution < -0.4 is 10.2 Å². The van der Waals surface area contributed by atoms with Crippen molar-refractivity contribution in [2.24, 2.45) is 0 Å². The minimum atomic E-state index is -0.0648. The molecule has 3 heterocycles. The molecule has 2 aromatic heterocycles. The van der Waals surface area contributed by atoms with Crippen molar-refractivity contribution in [2.75, 3.05) is 18.0 Å². The number of pyridine rings is 1. The number of carbonyl (C=O) groups excluding carboxylic acids is 1. The Morgan fingerprint density at radius 2 is 2.20 bits per heavy atom. The SMILES string of the molecule is Cc1cc(C(=O)NC2CN(c3ccccn3)C2)c(C)o1. The average molecular weight is 271 g/mol. The molecule has 2 aromatic rings. The smallest absolute Gasteiger partial charge is 0.255 e. The number of carbonyl (C=O) groups is 1. The predicted octanol–water partition coefficient (Wildman–Crippen LogP) is 1.91. The van der Waals surface area contributed by atoms with Crippen molar-refractivity contribution in [3.8, 4) is 0 Å². The first-order valence-corrected chi connectivity index (χ1v) is 6.67. The normalized spacial score (nSPS) is 15.0. The summed E-state index contributed by atoms with van der Waals surface area (Å²) in [5, 5.41) is 3.02. The van der Waals surface area contributed by atoms with E-state index < -0.39 is 0 Å². The molecule has 0 radical (unpaired) electrons. The van der Waals surface area contributed by atoms with Crippen LogP contribution in [0.4, 0.5) is 5.82 Å². The lowest BCUT2D eigenvalue weighted by molar-refractivity contribution is 0.0928. The Balaban J connectivity index is 1.56. The maximum Gasteiger partial charge on any atom is 0.255 e. The molecule has 5 nitrogen and oxygen atoms in total. The third kappa shape index (κ3) is 2.39. The fourth-order valence-electron chi connectivity index (χ4n) is 2.42. The second-order valence-electron chi connectivity index (χ2n) is 5.09. The summed E-state index contributed by atoms with van der Waals surface area (Å²) in [6.45, 7) is 5.23. The molecule has 1 N–H and O–H groups in total. The fraction of sp³-hybridized carbons (Fsp3) is 0.333. The van der Waals surface area contributed by atoms with E-state index in [1.165, 1.54) is 0 Å². The second-order valence-corrected chi connectivity index (χ2v) is 5.09. The van der Waals surface area contributed by atoms with Gasteiger partial charge in [-0.25, -0.2) is 4.98 Å². The minimum Gasteiger partial charge on any atom is -0.466 e. The van der Waals surface area contributed by atoms with Crippen LogP contribution >= 0.6 is 0 Å². The van der Waals surface area contributed by atoms with Gasteiger partial charge < -0.3 is 14.6 Å². The van der Waals surface area contributed by atoms with Crippen LogP contribution in [-0.2, 0) is 0 Å². The van der Waals surface area contributed by atoms with E-state index in [0.29, 0.717) is 11.3 Å². The van der Waals surface area contributed by atoms with E-state index in [2.05, 4.69) is 15.2 Å².